The number of para-hydroxylation sites is 1. The summed E-state index contributed by atoms with van der Waals surface area (Å²) in [6.07, 6.45) is 0. The first-order valence-corrected chi connectivity index (χ1v) is 12.4. The Morgan fingerprint density at radius 1 is 1.11 bits per heavy atom. The van der Waals surface area contributed by atoms with Crippen LogP contribution in [0.4, 0.5) is 0 Å². The lowest BCUT2D eigenvalue weighted by molar-refractivity contribution is -0.129. The van der Waals surface area contributed by atoms with Crippen molar-refractivity contribution in [3.63, 3.8) is 0 Å². The third-order valence-corrected chi connectivity index (χ3v) is 6.77. The zero-order valence-electron chi connectivity index (χ0n) is 20.9. The highest BCUT2D eigenvalue weighted by molar-refractivity contribution is 6.16. The summed E-state index contributed by atoms with van der Waals surface area (Å²) in [5.74, 6) is -0.479. The number of Topliss-reactive ketones (excluding diaryl/α,β-unsaturated/α-hetero) is 1. The average Bonchev–Trinajstić information content (AvgIpc) is 3.47. The molecule has 1 atom stereocenters. The molecule has 1 amide bonds. The van der Waals surface area contributed by atoms with Crippen LogP contribution in [-0.4, -0.2) is 79.7 Å². The van der Waals surface area contributed by atoms with Gasteiger partial charge in [-0.25, -0.2) is 0 Å². The predicted molar refractivity (Wildman–Crippen MR) is 136 cm³/mol. The van der Waals surface area contributed by atoms with Gasteiger partial charge in [0, 0.05) is 31.6 Å². The lowest BCUT2D eigenvalue weighted by Crippen LogP contribution is -2.43. The Morgan fingerprint density at radius 3 is 2.57 bits per heavy atom. The number of methoxy groups -OCH3 is 1. The molecule has 2 aliphatic heterocycles. The molecule has 2 aromatic carbocycles. The molecule has 9 nitrogen and oxygen atoms in total. The number of ketones is 1. The van der Waals surface area contributed by atoms with Crippen LogP contribution in [0.5, 0.6) is 11.5 Å². The number of hydrogen-bond acceptors (Lipinski definition) is 8. The van der Waals surface area contributed by atoms with Gasteiger partial charge in [0.15, 0.2) is 22.9 Å². The van der Waals surface area contributed by atoms with Gasteiger partial charge in [0.2, 0.25) is 5.78 Å². The molecule has 0 spiro atoms. The lowest BCUT2D eigenvalue weighted by Gasteiger charge is -2.31. The summed E-state index contributed by atoms with van der Waals surface area (Å²) < 4.78 is 22.2. The molecule has 0 aliphatic carbocycles. The summed E-state index contributed by atoms with van der Waals surface area (Å²) in [4.78, 5) is 30.8. The molecule has 9 heteroatoms. The number of nitrogens with zero attached hydrogens (tertiary/aromatic N) is 2. The smallest absolute Gasteiger partial charge is 0.290 e. The van der Waals surface area contributed by atoms with Gasteiger partial charge >= 0.3 is 0 Å². The Hall–Kier alpha value is -3.82. The van der Waals surface area contributed by atoms with E-state index < -0.39 is 23.5 Å². The van der Waals surface area contributed by atoms with Crippen molar-refractivity contribution in [3.05, 3.63) is 71.2 Å². The molecule has 1 saturated heterocycles. The van der Waals surface area contributed by atoms with Gasteiger partial charge in [-0.05, 0) is 36.8 Å². The van der Waals surface area contributed by atoms with Crippen molar-refractivity contribution in [3.8, 4) is 11.5 Å². The summed E-state index contributed by atoms with van der Waals surface area (Å²) in [6.45, 7) is 6.16. The van der Waals surface area contributed by atoms with E-state index in [0.717, 1.165) is 13.1 Å². The normalized spacial score (nSPS) is 18.6. The van der Waals surface area contributed by atoms with E-state index >= 15 is 0 Å². The second-order valence-corrected chi connectivity index (χ2v) is 8.94. The minimum absolute atomic E-state index is 0.00541. The van der Waals surface area contributed by atoms with Crippen LogP contribution in [0.2, 0.25) is 0 Å². The quantitative estimate of drug-likeness (QED) is 0.438. The first-order chi connectivity index (χ1) is 18.0. The third-order valence-electron chi connectivity index (χ3n) is 6.77. The van der Waals surface area contributed by atoms with Gasteiger partial charge in [0.25, 0.3) is 5.91 Å². The van der Waals surface area contributed by atoms with E-state index in [-0.39, 0.29) is 11.3 Å². The Kier molecular flexibility index (Phi) is 7.16. The molecule has 1 N–H and O–H groups in total. The van der Waals surface area contributed by atoms with Gasteiger partial charge < -0.3 is 28.6 Å². The molecule has 2 aliphatic rings. The molecule has 0 bridgehead atoms. The van der Waals surface area contributed by atoms with E-state index in [1.165, 1.54) is 7.11 Å². The fourth-order valence-electron chi connectivity index (χ4n) is 4.89. The molecule has 1 aromatic heterocycles. The third kappa shape index (κ3) is 4.80. The van der Waals surface area contributed by atoms with Crippen molar-refractivity contribution in [1.82, 2.24) is 9.80 Å². The highest BCUT2D eigenvalue weighted by atomic mass is 16.5. The predicted octanol–water partition coefficient (Wildman–Crippen LogP) is 3.75. The molecule has 37 heavy (non-hydrogen) atoms. The van der Waals surface area contributed by atoms with E-state index in [4.69, 9.17) is 18.6 Å². The van der Waals surface area contributed by atoms with Crippen molar-refractivity contribution in [2.24, 2.45) is 0 Å². The highest BCUT2D eigenvalue weighted by Crippen LogP contribution is 2.40. The number of fused-ring (bicyclic) bond motifs is 1. The molecule has 0 radical (unpaired) electrons. The van der Waals surface area contributed by atoms with Crippen molar-refractivity contribution >= 4 is 22.7 Å². The monoisotopic (exact) mass is 506 g/mol. The molecule has 0 saturated carbocycles. The Labute approximate surface area is 214 Å². The summed E-state index contributed by atoms with van der Waals surface area (Å²) in [5, 5.41) is 11.7. The van der Waals surface area contributed by atoms with Crippen LogP contribution in [0.3, 0.4) is 0 Å². The summed E-state index contributed by atoms with van der Waals surface area (Å²) in [5.41, 5.74) is 1.12. The topological polar surface area (TPSA) is 102 Å². The fourth-order valence-corrected chi connectivity index (χ4v) is 4.89. The number of benzene rings is 2. The second kappa shape index (κ2) is 10.7. The number of carbonyl (C=O) groups excluding carboxylic acids is 2. The standard InChI is InChI=1S/C28H30N2O7/c1-3-36-20-9-7-18(8-10-20)24-23(25(31)22-17-19-5-4-6-21(34-2)27(19)37-22)26(32)28(33)30(24)12-11-29-13-15-35-16-14-29/h4-10,17,24,32H,3,11-16H2,1-2H3/t24-/m0/s1. The SMILES string of the molecule is CCOc1ccc([C@H]2C(C(=O)c3cc4cccc(OC)c4o3)=C(O)C(=O)N2CCN2CCOCC2)cc1. The van der Waals surface area contributed by atoms with Crippen LogP contribution in [0, 0.1) is 0 Å². The molecule has 194 valence electrons. The van der Waals surface area contributed by atoms with Crippen LogP contribution in [0.15, 0.2) is 64.3 Å². The van der Waals surface area contributed by atoms with Crippen LogP contribution in [0.1, 0.15) is 29.1 Å². The number of morpholine rings is 1. The summed E-state index contributed by atoms with van der Waals surface area (Å²) >= 11 is 0. The van der Waals surface area contributed by atoms with E-state index in [1.807, 2.05) is 25.1 Å². The second-order valence-electron chi connectivity index (χ2n) is 8.94. The Morgan fingerprint density at radius 2 is 1.86 bits per heavy atom. The van der Waals surface area contributed by atoms with E-state index in [1.54, 1.807) is 35.2 Å². The molecule has 3 heterocycles. The largest absolute Gasteiger partial charge is 0.503 e. The van der Waals surface area contributed by atoms with Crippen LogP contribution in [-0.2, 0) is 9.53 Å². The maximum absolute atomic E-state index is 13.8. The zero-order valence-corrected chi connectivity index (χ0v) is 20.9. The number of furan rings is 1. The number of aliphatic hydroxyl groups excluding tert-OH is 1. The fraction of sp³-hybridized carbons (Fsp3) is 0.357. The van der Waals surface area contributed by atoms with Gasteiger partial charge in [-0.2, -0.15) is 0 Å². The number of hydrogen-bond donors (Lipinski definition) is 1. The van der Waals surface area contributed by atoms with Crippen molar-refractivity contribution in [2.75, 3.05) is 53.1 Å². The summed E-state index contributed by atoms with van der Waals surface area (Å²) in [6, 6.07) is 13.4. The number of ether oxygens (including phenoxy) is 3. The molecular formula is C28H30N2O7. The van der Waals surface area contributed by atoms with Gasteiger partial charge in [-0.15, -0.1) is 0 Å². The minimum Gasteiger partial charge on any atom is -0.503 e. The van der Waals surface area contributed by atoms with Crippen LogP contribution < -0.4 is 9.47 Å². The van der Waals surface area contributed by atoms with Gasteiger partial charge in [0.1, 0.15) is 5.75 Å². The average molecular weight is 507 g/mol. The zero-order chi connectivity index (χ0) is 25.9. The maximum Gasteiger partial charge on any atom is 0.290 e. The number of aliphatic hydroxyl groups is 1. The molecular weight excluding hydrogens is 476 g/mol. The van der Waals surface area contributed by atoms with Crippen molar-refractivity contribution in [1.29, 1.82) is 0 Å². The number of amides is 1. The van der Waals surface area contributed by atoms with Gasteiger partial charge in [0.05, 0.1) is 38.5 Å². The van der Waals surface area contributed by atoms with Crippen LogP contribution in [0.25, 0.3) is 11.0 Å². The molecule has 5 rings (SSSR count). The molecule has 1 fully saturated rings. The van der Waals surface area contributed by atoms with Crippen LogP contribution >= 0.6 is 0 Å². The first kappa shape index (κ1) is 24.9. The Bertz CT molecular complexity index is 1320. The number of carbonyl (C=O) groups is 2. The van der Waals surface area contributed by atoms with Gasteiger partial charge in [-0.1, -0.05) is 24.3 Å². The molecule has 3 aromatic rings. The lowest BCUT2D eigenvalue weighted by atomic mass is 9.95. The minimum atomic E-state index is -0.771. The number of rotatable bonds is 9. The van der Waals surface area contributed by atoms with E-state index in [2.05, 4.69) is 4.90 Å². The van der Waals surface area contributed by atoms with E-state index in [0.29, 0.717) is 60.9 Å². The highest BCUT2D eigenvalue weighted by Gasteiger charge is 2.44. The van der Waals surface area contributed by atoms with Crippen molar-refractivity contribution < 1.29 is 33.3 Å². The maximum atomic E-state index is 13.8. The van der Waals surface area contributed by atoms with Crippen molar-refractivity contribution in [2.45, 2.75) is 13.0 Å². The van der Waals surface area contributed by atoms with Gasteiger partial charge in [-0.3, -0.25) is 14.5 Å². The summed E-state index contributed by atoms with van der Waals surface area (Å²) in [7, 11) is 1.52. The molecule has 0 unspecified atom stereocenters. The Balaban J connectivity index is 1.51. The van der Waals surface area contributed by atoms with E-state index in [9.17, 15) is 14.7 Å². The first-order valence-electron chi connectivity index (χ1n) is 12.4.